The van der Waals surface area contributed by atoms with Crippen molar-refractivity contribution in [1.29, 1.82) is 0 Å². The lowest BCUT2D eigenvalue weighted by atomic mass is 10.2. The molecule has 4 rings (SSSR count). The van der Waals surface area contributed by atoms with Crippen LogP contribution in [0.4, 0.5) is 0 Å². The lowest BCUT2D eigenvalue weighted by Gasteiger charge is -2.06. The van der Waals surface area contributed by atoms with E-state index in [0.29, 0.717) is 16.8 Å². The molecule has 1 aromatic carbocycles. The van der Waals surface area contributed by atoms with Crippen LogP contribution in [0.15, 0.2) is 42.7 Å². The van der Waals surface area contributed by atoms with Crippen molar-refractivity contribution in [2.45, 2.75) is 6.92 Å². The van der Waals surface area contributed by atoms with Gasteiger partial charge >= 0.3 is 0 Å². The van der Waals surface area contributed by atoms with E-state index in [1.807, 2.05) is 19.1 Å². The Labute approximate surface area is 147 Å². The summed E-state index contributed by atoms with van der Waals surface area (Å²) in [5.74, 6) is 0.832. The molecule has 25 heavy (non-hydrogen) atoms. The molecular weight excluding hydrogens is 340 g/mol. The maximum absolute atomic E-state index is 10.5. The van der Waals surface area contributed by atoms with Gasteiger partial charge in [-0.25, -0.2) is 15.0 Å². The van der Waals surface area contributed by atoms with E-state index in [0.717, 1.165) is 16.6 Å². The Balaban J connectivity index is 1.63. The van der Waals surface area contributed by atoms with E-state index in [4.69, 9.17) is 16.3 Å². The van der Waals surface area contributed by atoms with E-state index in [2.05, 4.69) is 19.9 Å². The van der Waals surface area contributed by atoms with Gasteiger partial charge in [0.15, 0.2) is 16.4 Å². The number of nitrogens with zero attached hydrogens (tertiary/aromatic N) is 3. The Morgan fingerprint density at radius 3 is 2.60 bits per heavy atom. The normalized spacial score (nSPS) is 13.8. The fourth-order valence-electron chi connectivity index (χ4n) is 2.51. The number of hydrogen-bond donors (Lipinski definition) is 2. The summed E-state index contributed by atoms with van der Waals surface area (Å²) in [6, 6.07) is 6.89. The van der Waals surface area contributed by atoms with Crippen LogP contribution in [0.5, 0.6) is 11.6 Å². The Hall–Kier alpha value is -3.12. The van der Waals surface area contributed by atoms with Crippen molar-refractivity contribution < 1.29 is 9.84 Å². The smallest absolute Gasteiger partial charge is 0.257 e. The largest absolute Gasteiger partial charge is 0.504 e. The van der Waals surface area contributed by atoms with E-state index in [9.17, 15) is 5.11 Å². The molecule has 0 aliphatic heterocycles. The van der Waals surface area contributed by atoms with Crippen LogP contribution in [-0.4, -0.2) is 25.0 Å². The summed E-state index contributed by atoms with van der Waals surface area (Å²) < 4.78 is 5.58. The van der Waals surface area contributed by atoms with E-state index in [-0.39, 0.29) is 16.8 Å². The highest BCUT2D eigenvalue weighted by atomic mass is 35.5. The molecular formula is C18H13ClN4O2. The van der Waals surface area contributed by atoms with Gasteiger partial charge in [-0.15, -0.1) is 0 Å². The number of rotatable bonds is 3. The molecule has 2 aromatic heterocycles. The first-order valence-corrected chi connectivity index (χ1v) is 7.93. The van der Waals surface area contributed by atoms with Crippen molar-refractivity contribution >= 4 is 29.0 Å². The first-order valence-electron chi connectivity index (χ1n) is 7.55. The zero-order valence-corrected chi connectivity index (χ0v) is 13.9. The minimum absolute atomic E-state index is 0.0692. The van der Waals surface area contributed by atoms with Gasteiger partial charge in [-0.3, -0.25) is 0 Å². The molecule has 0 saturated carbocycles. The van der Waals surface area contributed by atoms with E-state index < -0.39 is 0 Å². The third kappa shape index (κ3) is 2.88. The number of ether oxygens (including phenoxy) is 1. The maximum atomic E-state index is 10.5. The van der Waals surface area contributed by atoms with Crippen LogP contribution < -0.4 is 15.6 Å². The SMILES string of the molecule is CC1=CC=c2[nH]c(=C(O)c3ccc(Oc4nccnc4Cl)cc3)nc21. The third-order valence-corrected chi connectivity index (χ3v) is 4.05. The zero-order chi connectivity index (χ0) is 17.4. The number of H-pyrrole nitrogens is 1. The Morgan fingerprint density at radius 2 is 1.88 bits per heavy atom. The number of aliphatic hydroxyl groups excluding tert-OH is 1. The van der Waals surface area contributed by atoms with Crippen LogP contribution in [0.1, 0.15) is 18.2 Å². The lowest BCUT2D eigenvalue weighted by molar-refractivity contribution is 0.460. The minimum atomic E-state index is 0.0692. The number of hydrogen-bond acceptors (Lipinski definition) is 5. The molecule has 0 saturated heterocycles. The molecule has 7 heteroatoms. The first kappa shape index (κ1) is 15.4. The van der Waals surface area contributed by atoms with Crippen molar-refractivity contribution in [3.8, 4) is 11.6 Å². The average molecular weight is 353 g/mol. The summed E-state index contributed by atoms with van der Waals surface area (Å²) >= 11 is 5.92. The van der Waals surface area contributed by atoms with Gasteiger partial charge in [-0.05, 0) is 42.8 Å². The van der Waals surface area contributed by atoms with Crippen LogP contribution in [0.25, 0.3) is 17.4 Å². The first-order chi connectivity index (χ1) is 12.1. The summed E-state index contributed by atoms with van der Waals surface area (Å²) in [6.45, 7) is 1.98. The standard InChI is InChI=1S/C18H13ClN4O2/c1-10-2-7-13-14(10)23-17(22-13)15(24)11-3-5-12(6-4-11)25-18-16(19)20-8-9-21-18/h2-9,22,24H,1H3. The fraction of sp³-hybridized carbons (Fsp3) is 0.0556. The lowest BCUT2D eigenvalue weighted by Crippen LogP contribution is -2.15. The van der Waals surface area contributed by atoms with Crippen molar-refractivity contribution in [2.75, 3.05) is 0 Å². The highest BCUT2D eigenvalue weighted by Gasteiger charge is 2.11. The second-order valence-electron chi connectivity index (χ2n) is 5.49. The molecule has 0 atom stereocenters. The van der Waals surface area contributed by atoms with Gasteiger partial charge in [-0.1, -0.05) is 17.7 Å². The predicted molar refractivity (Wildman–Crippen MR) is 94.7 cm³/mol. The van der Waals surface area contributed by atoms with Crippen molar-refractivity contribution in [3.63, 3.8) is 0 Å². The predicted octanol–water partition coefficient (Wildman–Crippen LogP) is 2.56. The molecule has 0 unspecified atom stereocenters. The molecule has 1 aliphatic carbocycles. The van der Waals surface area contributed by atoms with Gasteiger partial charge in [0, 0.05) is 18.0 Å². The summed E-state index contributed by atoms with van der Waals surface area (Å²) in [7, 11) is 0. The highest BCUT2D eigenvalue weighted by Crippen LogP contribution is 2.25. The minimum Gasteiger partial charge on any atom is -0.504 e. The van der Waals surface area contributed by atoms with Gasteiger partial charge in [0.1, 0.15) is 5.75 Å². The van der Waals surface area contributed by atoms with Crippen LogP contribution in [0.3, 0.4) is 0 Å². The summed E-state index contributed by atoms with van der Waals surface area (Å²) in [4.78, 5) is 15.5. The van der Waals surface area contributed by atoms with Crippen LogP contribution in [0.2, 0.25) is 5.15 Å². The molecule has 6 nitrogen and oxygen atoms in total. The summed E-state index contributed by atoms with van der Waals surface area (Å²) in [6.07, 6.45) is 6.91. The Morgan fingerprint density at radius 1 is 1.12 bits per heavy atom. The van der Waals surface area contributed by atoms with Gasteiger partial charge in [-0.2, -0.15) is 0 Å². The highest BCUT2D eigenvalue weighted by molar-refractivity contribution is 6.30. The second kappa shape index (κ2) is 6.07. The number of aromatic amines is 1. The van der Waals surface area contributed by atoms with E-state index in [1.165, 1.54) is 12.4 Å². The molecule has 1 aliphatic rings. The van der Waals surface area contributed by atoms with E-state index >= 15 is 0 Å². The van der Waals surface area contributed by atoms with Gasteiger partial charge in [0.2, 0.25) is 0 Å². The van der Waals surface area contributed by atoms with Crippen LogP contribution in [-0.2, 0) is 0 Å². The fourth-order valence-corrected chi connectivity index (χ4v) is 2.66. The van der Waals surface area contributed by atoms with Gasteiger partial charge in [0.05, 0.1) is 11.0 Å². The molecule has 0 amide bonds. The monoisotopic (exact) mass is 352 g/mol. The number of imidazole rings is 1. The van der Waals surface area contributed by atoms with Crippen LogP contribution in [0, 0.1) is 0 Å². The quantitative estimate of drug-likeness (QED) is 0.756. The van der Waals surface area contributed by atoms with Crippen molar-refractivity contribution in [2.24, 2.45) is 0 Å². The number of allylic oxidation sites excluding steroid dienone is 2. The number of aliphatic hydroxyl groups is 1. The molecule has 0 spiro atoms. The molecule has 3 aromatic rings. The second-order valence-corrected chi connectivity index (χ2v) is 5.85. The van der Waals surface area contributed by atoms with Crippen LogP contribution >= 0.6 is 11.6 Å². The number of halogens is 1. The third-order valence-electron chi connectivity index (χ3n) is 3.79. The van der Waals surface area contributed by atoms with E-state index in [1.54, 1.807) is 24.3 Å². The molecule has 124 valence electrons. The average Bonchev–Trinajstić information content (AvgIpc) is 3.19. The molecule has 0 bridgehead atoms. The topological polar surface area (TPSA) is 83.9 Å². The summed E-state index contributed by atoms with van der Waals surface area (Å²) in [5, 5.41) is 11.6. The van der Waals surface area contributed by atoms with Crippen molar-refractivity contribution in [1.82, 2.24) is 19.9 Å². The number of aromatic nitrogens is 4. The molecule has 2 heterocycles. The number of fused-ring (bicyclic) bond motifs is 1. The van der Waals surface area contributed by atoms with Crippen molar-refractivity contribution in [3.05, 3.63) is 70.0 Å². The molecule has 0 radical (unpaired) electrons. The van der Waals surface area contributed by atoms with Gasteiger partial charge in [0.25, 0.3) is 5.88 Å². The Kier molecular flexibility index (Phi) is 3.74. The maximum Gasteiger partial charge on any atom is 0.257 e. The summed E-state index contributed by atoms with van der Waals surface area (Å²) in [5.41, 5.74) is 2.97. The molecule has 2 N–H and O–H groups in total. The Bertz CT molecular complexity index is 1100. The molecule has 0 fully saturated rings. The number of benzene rings is 1. The van der Waals surface area contributed by atoms with Gasteiger partial charge < -0.3 is 14.8 Å². The zero-order valence-electron chi connectivity index (χ0n) is 13.2. The number of nitrogens with one attached hydrogen (secondary N) is 1.